The average Bonchev–Trinajstić information content (AvgIpc) is 3.38. The molecule has 2 saturated heterocycles. The van der Waals surface area contributed by atoms with Gasteiger partial charge >= 0.3 is 5.97 Å². The zero-order chi connectivity index (χ0) is 21.6. The van der Waals surface area contributed by atoms with Crippen molar-refractivity contribution in [2.75, 3.05) is 30.9 Å². The van der Waals surface area contributed by atoms with E-state index in [4.69, 9.17) is 5.73 Å². The van der Waals surface area contributed by atoms with Gasteiger partial charge in [-0.3, -0.25) is 14.4 Å². The van der Waals surface area contributed by atoms with Crippen LogP contribution in [0.25, 0.3) is 0 Å². The third kappa shape index (κ3) is 5.79. The van der Waals surface area contributed by atoms with Crippen molar-refractivity contribution in [3.05, 3.63) is 0 Å². The van der Waals surface area contributed by atoms with Gasteiger partial charge in [0.1, 0.15) is 18.1 Å². The highest BCUT2D eigenvalue weighted by atomic mass is 32.2. The van der Waals surface area contributed by atoms with Gasteiger partial charge in [-0.1, -0.05) is 0 Å². The molecule has 9 nitrogen and oxygen atoms in total. The molecular weight excluding hydrogens is 416 g/mol. The summed E-state index contributed by atoms with van der Waals surface area (Å²) in [6, 6.07) is -3.14. The van der Waals surface area contributed by atoms with Gasteiger partial charge in [-0.25, -0.2) is 4.79 Å². The lowest BCUT2D eigenvalue weighted by atomic mass is 10.1. The fourth-order valence-corrected chi connectivity index (χ4v) is 4.56. The van der Waals surface area contributed by atoms with E-state index in [0.29, 0.717) is 45.2 Å². The summed E-state index contributed by atoms with van der Waals surface area (Å²) < 4.78 is 0. The first-order valence-electron chi connectivity index (χ1n) is 9.81. The zero-order valence-corrected chi connectivity index (χ0v) is 18.3. The summed E-state index contributed by atoms with van der Waals surface area (Å²) in [5, 5.41) is 12.0. The molecule has 0 aromatic heterocycles. The Kier molecular flexibility index (Phi) is 9.09. The molecule has 0 bridgehead atoms. The number of carbonyl (C=O) groups excluding carboxylic acids is 3. The third-order valence-electron chi connectivity index (χ3n) is 5.41. The number of carbonyl (C=O) groups is 4. The normalized spacial score (nSPS) is 23.7. The van der Waals surface area contributed by atoms with Gasteiger partial charge in [-0.05, 0) is 44.1 Å². The van der Waals surface area contributed by atoms with Gasteiger partial charge in [0.2, 0.25) is 17.7 Å². The molecule has 0 spiro atoms. The van der Waals surface area contributed by atoms with Crippen molar-refractivity contribution < 1.29 is 24.3 Å². The van der Waals surface area contributed by atoms with Crippen LogP contribution >= 0.6 is 24.4 Å². The first kappa shape index (κ1) is 23.8. The fraction of sp³-hybridized carbons (Fsp3) is 0.778. The topological polar surface area (TPSA) is 133 Å². The van der Waals surface area contributed by atoms with Crippen LogP contribution in [0.2, 0.25) is 0 Å². The number of carboxylic acid groups (broad SMARTS) is 1. The predicted molar refractivity (Wildman–Crippen MR) is 114 cm³/mol. The van der Waals surface area contributed by atoms with Crippen LogP contribution in [-0.2, 0) is 19.2 Å². The molecule has 2 heterocycles. The van der Waals surface area contributed by atoms with Gasteiger partial charge in [-0.15, -0.1) is 0 Å². The second-order valence-corrected chi connectivity index (χ2v) is 8.70. The van der Waals surface area contributed by atoms with Crippen molar-refractivity contribution in [1.29, 1.82) is 0 Å². The molecule has 29 heavy (non-hydrogen) atoms. The lowest BCUT2D eigenvalue weighted by molar-refractivity contribution is -0.149. The number of aliphatic carboxylic acids is 1. The average molecular weight is 447 g/mol. The first-order chi connectivity index (χ1) is 13.8. The van der Waals surface area contributed by atoms with Crippen LogP contribution < -0.4 is 11.1 Å². The molecule has 4 unspecified atom stereocenters. The largest absolute Gasteiger partial charge is 0.480 e. The number of rotatable bonds is 9. The van der Waals surface area contributed by atoms with Crippen LogP contribution in [0.15, 0.2) is 0 Å². The number of hydrogen-bond donors (Lipinski definition) is 4. The van der Waals surface area contributed by atoms with Gasteiger partial charge in [0, 0.05) is 18.8 Å². The van der Waals surface area contributed by atoms with E-state index in [2.05, 4.69) is 17.9 Å². The molecule has 0 saturated carbocycles. The SMILES string of the molecule is CSCCC(N)C(=O)N1CCCC1C(=O)NC(CS)C(=O)N1CCCC1C(=O)O. The number of nitrogens with two attached hydrogens (primary N) is 1. The monoisotopic (exact) mass is 446 g/mol. The van der Waals surface area contributed by atoms with Gasteiger partial charge < -0.3 is 26.0 Å². The van der Waals surface area contributed by atoms with Crippen molar-refractivity contribution in [2.24, 2.45) is 5.73 Å². The number of carboxylic acids is 1. The lowest BCUT2D eigenvalue weighted by Gasteiger charge is -2.30. The van der Waals surface area contributed by atoms with Crippen molar-refractivity contribution in [2.45, 2.75) is 56.3 Å². The minimum atomic E-state index is -1.05. The van der Waals surface area contributed by atoms with Crippen molar-refractivity contribution in [1.82, 2.24) is 15.1 Å². The Morgan fingerprint density at radius 1 is 1.14 bits per heavy atom. The summed E-state index contributed by atoms with van der Waals surface area (Å²) in [4.78, 5) is 52.4. The maximum atomic E-state index is 12.8. The summed E-state index contributed by atoms with van der Waals surface area (Å²) in [7, 11) is 0. The van der Waals surface area contributed by atoms with Crippen molar-refractivity contribution >= 4 is 48.1 Å². The standard InChI is InChI=1S/C18H30N4O5S2/c1-29-9-6-11(19)16(24)21-7-2-4-13(21)15(23)20-12(10-28)17(25)22-8-3-5-14(22)18(26)27/h11-14,28H,2-10,19H2,1H3,(H,20,23)(H,26,27). The Hall–Kier alpha value is -1.46. The summed E-state index contributed by atoms with van der Waals surface area (Å²) >= 11 is 5.77. The smallest absolute Gasteiger partial charge is 0.326 e. The van der Waals surface area contributed by atoms with Crippen molar-refractivity contribution in [3.8, 4) is 0 Å². The fourth-order valence-electron chi connectivity index (χ4n) is 3.83. The Morgan fingerprint density at radius 3 is 2.28 bits per heavy atom. The summed E-state index contributed by atoms with van der Waals surface area (Å²) in [6.45, 7) is 0.796. The van der Waals surface area contributed by atoms with Crippen LogP contribution in [0.1, 0.15) is 32.1 Å². The van der Waals surface area contributed by atoms with Crippen LogP contribution in [0.5, 0.6) is 0 Å². The number of thiol groups is 1. The molecule has 0 radical (unpaired) electrons. The second-order valence-electron chi connectivity index (χ2n) is 7.35. The minimum absolute atomic E-state index is 0.0430. The second kappa shape index (κ2) is 11.1. The van der Waals surface area contributed by atoms with E-state index in [1.54, 1.807) is 11.8 Å². The van der Waals surface area contributed by atoms with E-state index >= 15 is 0 Å². The Labute approximate surface area is 180 Å². The molecule has 0 aromatic carbocycles. The quantitative estimate of drug-likeness (QED) is 0.353. The molecule has 0 aliphatic carbocycles. The maximum absolute atomic E-state index is 12.8. The molecule has 2 fully saturated rings. The molecule has 2 aliphatic rings. The molecule has 2 aliphatic heterocycles. The van der Waals surface area contributed by atoms with E-state index in [-0.39, 0.29) is 11.7 Å². The highest BCUT2D eigenvalue weighted by molar-refractivity contribution is 7.98. The van der Waals surface area contributed by atoms with Gasteiger partial charge in [0.15, 0.2) is 0 Å². The summed E-state index contributed by atoms with van der Waals surface area (Å²) in [5.41, 5.74) is 5.98. The number of hydrogen-bond acceptors (Lipinski definition) is 7. The van der Waals surface area contributed by atoms with E-state index in [9.17, 15) is 24.3 Å². The highest BCUT2D eigenvalue weighted by Crippen LogP contribution is 2.21. The van der Waals surface area contributed by atoms with E-state index in [0.717, 1.165) is 5.75 Å². The maximum Gasteiger partial charge on any atom is 0.326 e. The molecule has 164 valence electrons. The highest BCUT2D eigenvalue weighted by Gasteiger charge is 2.40. The molecule has 11 heteroatoms. The molecule has 2 rings (SSSR count). The predicted octanol–water partition coefficient (Wildman–Crippen LogP) is -0.452. The number of thioether (sulfide) groups is 1. The number of nitrogens with one attached hydrogen (secondary N) is 1. The number of likely N-dealkylation sites (tertiary alicyclic amines) is 2. The van der Waals surface area contributed by atoms with Crippen LogP contribution in [0.4, 0.5) is 0 Å². The lowest BCUT2D eigenvalue weighted by Crippen LogP contribution is -2.57. The molecule has 0 aromatic rings. The van der Waals surface area contributed by atoms with Gasteiger partial charge in [0.05, 0.1) is 6.04 Å². The van der Waals surface area contributed by atoms with Gasteiger partial charge in [0.25, 0.3) is 0 Å². The van der Waals surface area contributed by atoms with Crippen LogP contribution in [0.3, 0.4) is 0 Å². The summed E-state index contributed by atoms with van der Waals surface area (Å²) in [6.07, 6.45) is 4.66. The van der Waals surface area contributed by atoms with Crippen LogP contribution in [0, 0.1) is 0 Å². The van der Waals surface area contributed by atoms with Gasteiger partial charge in [-0.2, -0.15) is 24.4 Å². The van der Waals surface area contributed by atoms with Crippen molar-refractivity contribution in [3.63, 3.8) is 0 Å². The molecule has 4 N–H and O–H groups in total. The number of nitrogens with zero attached hydrogens (tertiary/aromatic N) is 2. The van der Waals surface area contributed by atoms with E-state index in [1.807, 2.05) is 6.26 Å². The summed E-state index contributed by atoms with van der Waals surface area (Å²) in [5.74, 6) is -1.38. The minimum Gasteiger partial charge on any atom is -0.480 e. The Balaban J connectivity index is 2.01. The zero-order valence-electron chi connectivity index (χ0n) is 16.6. The van der Waals surface area contributed by atoms with E-state index in [1.165, 1.54) is 9.80 Å². The first-order valence-corrected chi connectivity index (χ1v) is 11.8. The number of amides is 3. The third-order valence-corrected chi connectivity index (χ3v) is 6.42. The molecule has 3 amide bonds. The molecular formula is C18H30N4O5S2. The Morgan fingerprint density at radius 2 is 1.72 bits per heavy atom. The van der Waals surface area contributed by atoms with Crippen LogP contribution in [-0.4, -0.2) is 93.6 Å². The van der Waals surface area contributed by atoms with E-state index < -0.39 is 42.0 Å². The Bertz CT molecular complexity index is 635. The molecule has 4 atom stereocenters.